The fourth-order valence-electron chi connectivity index (χ4n) is 2.78. The van der Waals surface area contributed by atoms with Gasteiger partial charge in [-0.1, -0.05) is 13.0 Å². The van der Waals surface area contributed by atoms with Crippen LogP contribution in [-0.4, -0.2) is 68.9 Å². The zero-order chi connectivity index (χ0) is 20.4. The van der Waals surface area contributed by atoms with E-state index in [1.54, 1.807) is 11.8 Å². The lowest BCUT2D eigenvalue weighted by atomic mass is 9.82. The van der Waals surface area contributed by atoms with Crippen molar-refractivity contribution in [3.63, 3.8) is 0 Å². The second kappa shape index (κ2) is 8.16. The molecule has 1 aliphatic heterocycles. The number of nitrogens with two attached hydrogens (primary N) is 1. The van der Waals surface area contributed by atoms with Gasteiger partial charge in [-0.25, -0.2) is 4.79 Å². The lowest BCUT2D eigenvalue weighted by Crippen LogP contribution is -2.63. The molecule has 10 heteroatoms. The molecular weight excluding hydrogens is 355 g/mol. The number of likely N-dealkylation sites (tertiary alicyclic amines) is 1. The van der Waals surface area contributed by atoms with Gasteiger partial charge in [-0.15, -0.1) is 0 Å². The number of phenols is 1. The zero-order valence-corrected chi connectivity index (χ0v) is 15.4. The minimum absolute atomic E-state index is 0.00334. The molecule has 0 spiro atoms. The van der Waals surface area contributed by atoms with Gasteiger partial charge in [-0.2, -0.15) is 0 Å². The van der Waals surface area contributed by atoms with Crippen molar-refractivity contribution in [3.8, 4) is 11.5 Å². The third kappa shape index (κ3) is 4.71. The maximum absolute atomic E-state index is 12.2. The van der Waals surface area contributed by atoms with Crippen LogP contribution in [0.25, 0.3) is 0 Å². The Bertz CT molecular complexity index is 717. The van der Waals surface area contributed by atoms with Crippen molar-refractivity contribution >= 4 is 19.0 Å². The van der Waals surface area contributed by atoms with Crippen LogP contribution in [-0.2, 0) is 11.2 Å². The van der Waals surface area contributed by atoms with E-state index in [1.165, 1.54) is 12.1 Å². The van der Waals surface area contributed by atoms with E-state index in [4.69, 9.17) is 20.5 Å². The van der Waals surface area contributed by atoms with E-state index in [2.05, 4.69) is 0 Å². The largest absolute Gasteiger partial charge is 0.507 e. The smallest absolute Gasteiger partial charge is 0.451 e. The zero-order valence-electron chi connectivity index (χ0n) is 15.4. The number of carbonyl (C=O) groups excluding carboxylic acids is 1. The highest BCUT2D eigenvalue weighted by Gasteiger charge is 2.39. The second-order valence-electron chi connectivity index (χ2n) is 6.99. The number of aryl methyl sites for hydroxylation is 1. The SMILES string of the molecule is CC[C@](C)(N)C(=O)N1CC(Oc2ccc(CCB(O)O)c(O)c2C(=O)O)C1. The summed E-state index contributed by atoms with van der Waals surface area (Å²) in [6.45, 7) is 4.05. The minimum atomic E-state index is -1.55. The van der Waals surface area contributed by atoms with Crippen LogP contribution in [0.1, 0.15) is 36.2 Å². The van der Waals surface area contributed by atoms with Gasteiger partial charge in [0.15, 0.2) is 0 Å². The Morgan fingerprint density at radius 2 is 2.00 bits per heavy atom. The topological polar surface area (TPSA) is 154 Å². The van der Waals surface area contributed by atoms with E-state index in [0.717, 1.165) is 0 Å². The summed E-state index contributed by atoms with van der Waals surface area (Å²) in [7, 11) is -1.55. The molecule has 1 saturated heterocycles. The van der Waals surface area contributed by atoms with Gasteiger partial charge >= 0.3 is 13.1 Å². The molecule has 148 valence electrons. The average molecular weight is 380 g/mol. The van der Waals surface area contributed by atoms with Gasteiger partial charge in [0.05, 0.1) is 18.6 Å². The number of carboxylic acids is 1. The van der Waals surface area contributed by atoms with E-state index >= 15 is 0 Å². The number of hydrogen-bond donors (Lipinski definition) is 5. The van der Waals surface area contributed by atoms with Crippen molar-refractivity contribution in [2.75, 3.05) is 13.1 Å². The van der Waals surface area contributed by atoms with Crippen molar-refractivity contribution in [1.29, 1.82) is 0 Å². The molecule has 0 aliphatic carbocycles. The Balaban J connectivity index is 2.08. The molecule has 1 amide bonds. The number of hydrogen-bond acceptors (Lipinski definition) is 7. The molecule has 27 heavy (non-hydrogen) atoms. The molecule has 1 fully saturated rings. The van der Waals surface area contributed by atoms with E-state index < -0.39 is 30.5 Å². The first kappa shape index (κ1) is 21.0. The van der Waals surface area contributed by atoms with Gasteiger partial charge in [-0.3, -0.25) is 4.79 Å². The van der Waals surface area contributed by atoms with Crippen LogP contribution in [0.3, 0.4) is 0 Å². The molecule has 1 aromatic carbocycles. The van der Waals surface area contributed by atoms with Gasteiger partial charge in [0.1, 0.15) is 23.2 Å². The maximum Gasteiger partial charge on any atom is 0.451 e. The number of rotatable bonds is 8. The summed E-state index contributed by atoms with van der Waals surface area (Å²) in [6, 6.07) is 2.90. The average Bonchev–Trinajstić information content (AvgIpc) is 2.55. The summed E-state index contributed by atoms with van der Waals surface area (Å²) in [5, 5.41) is 37.5. The van der Waals surface area contributed by atoms with Crippen molar-refractivity contribution < 1.29 is 34.6 Å². The lowest BCUT2D eigenvalue weighted by molar-refractivity contribution is -0.145. The molecule has 0 radical (unpaired) electrons. The van der Waals surface area contributed by atoms with Crippen LogP contribution >= 0.6 is 0 Å². The highest BCUT2D eigenvalue weighted by atomic mass is 16.5. The summed E-state index contributed by atoms with van der Waals surface area (Å²) in [4.78, 5) is 25.3. The third-order valence-electron chi connectivity index (χ3n) is 4.76. The van der Waals surface area contributed by atoms with E-state index in [-0.39, 0.29) is 48.6 Å². The van der Waals surface area contributed by atoms with Gasteiger partial charge in [-0.05, 0) is 37.7 Å². The van der Waals surface area contributed by atoms with Crippen molar-refractivity contribution in [3.05, 3.63) is 23.3 Å². The fraction of sp³-hybridized carbons (Fsp3) is 0.529. The highest BCUT2D eigenvalue weighted by molar-refractivity contribution is 6.41. The molecule has 0 unspecified atom stereocenters. The molecule has 1 atom stereocenters. The van der Waals surface area contributed by atoms with Crippen molar-refractivity contribution in [2.45, 2.75) is 44.7 Å². The molecule has 1 aromatic rings. The Hall–Kier alpha value is -2.30. The monoisotopic (exact) mass is 380 g/mol. The van der Waals surface area contributed by atoms with Crippen LogP contribution in [0.5, 0.6) is 11.5 Å². The molecular formula is C17H25BN2O7. The van der Waals surface area contributed by atoms with E-state index in [1.807, 2.05) is 6.92 Å². The quantitative estimate of drug-likeness (QED) is 0.389. The second-order valence-corrected chi connectivity index (χ2v) is 6.99. The molecule has 0 saturated carbocycles. The van der Waals surface area contributed by atoms with Gasteiger partial charge in [0.25, 0.3) is 0 Å². The van der Waals surface area contributed by atoms with Crippen LogP contribution in [0.2, 0.25) is 6.32 Å². The number of ether oxygens (including phenoxy) is 1. The van der Waals surface area contributed by atoms with Gasteiger partial charge in [0.2, 0.25) is 5.91 Å². The van der Waals surface area contributed by atoms with Gasteiger partial charge in [0, 0.05) is 0 Å². The van der Waals surface area contributed by atoms with Crippen LogP contribution in [0.4, 0.5) is 0 Å². The molecule has 1 aliphatic rings. The number of amides is 1. The Labute approximate surface area is 157 Å². The van der Waals surface area contributed by atoms with Crippen molar-refractivity contribution in [1.82, 2.24) is 4.90 Å². The van der Waals surface area contributed by atoms with Crippen molar-refractivity contribution in [2.24, 2.45) is 5.73 Å². The summed E-state index contributed by atoms with van der Waals surface area (Å²) in [5.41, 5.74) is 4.88. The third-order valence-corrected chi connectivity index (χ3v) is 4.76. The normalized spacial score (nSPS) is 16.4. The summed E-state index contributed by atoms with van der Waals surface area (Å²) >= 11 is 0. The van der Waals surface area contributed by atoms with Crippen LogP contribution in [0, 0.1) is 0 Å². The number of aromatic carboxylic acids is 1. The number of aromatic hydroxyl groups is 1. The number of carboxylic acid groups (broad SMARTS) is 1. The predicted octanol–water partition coefficient (Wildman–Crippen LogP) is -0.177. The Morgan fingerprint density at radius 1 is 1.37 bits per heavy atom. The Morgan fingerprint density at radius 3 is 2.52 bits per heavy atom. The number of benzene rings is 1. The van der Waals surface area contributed by atoms with E-state index in [9.17, 15) is 19.8 Å². The number of carbonyl (C=O) groups is 2. The van der Waals surface area contributed by atoms with Gasteiger partial charge < -0.3 is 35.6 Å². The predicted molar refractivity (Wildman–Crippen MR) is 97.6 cm³/mol. The first-order valence-electron chi connectivity index (χ1n) is 8.76. The molecule has 1 heterocycles. The summed E-state index contributed by atoms with van der Waals surface area (Å²) in [6.07, 6.45) is 0.155. The fourth-order valence-corrected chi connectivity index (χ4v) is 2.78. The minimum Gasteiger partial charge on any atom is -0.507 e. The first-order chi connectivity index (χ1) is 12.6. The van der Waals surface area contributed by atoms with Crippen LogP contribution in [0.15, 0.2) is 12.1 Å². The summed E-state index contributed by atoms with van der Waals surface area (Å²) in [5.74, 6) is -2.02. The van der Waals surface area contributed by atoms with Crippen LogP contribution < -0.4 is 10.5 Å². The van der Waals surface area contributed by atoms with E-state index in [0.29, 0.717) is 6.42 Å². The first-order valence-corrected chi connectivity index (χ1v) is 8.76. The molecule has 0 bridgehead atoms. The molecule has 2 rings (SSSR count). The standard InChI is InChI=1S/C17H25BN2O7/c1-3-17(2,19)16(24)20-8-11(9-20)27-12-5-4-10(6-7-18(25)26)14(21)13(12)15(22)23/h4-5,11,21,25-26H,3,6-9,19H2,1-2H3,(H,22,23)/t17-/m0/s1. The summed E-state index contributed by atoms with van der Waals surface area (Å²) < 4.78 is 5.66. The molecule has 0 aromatic heterocycles. The maximum atomic E-state index is 12.2. The lowest BCUT2D eigenvalue weighted by Gasteiger charge is -2.42. The molecule has 6 N–H and O–H groups in total. The molecule has 9 nitrogen and oxygen atoms in total. The number of nitrogens with zero attached hydrogens (tertiary/aromatic N) is 1. The Kier molecular flexibility index (Phi) is 6.35. The highest BCUT2D eigenvalue weighted by Crippen LogP contribution is 2.34.